The number of hydrogen-bond donors (Lipinski definition) is 2. The number of rotatable bonds is 5. The van der Waals surface area contributed by atoms with E-state index in [1.807, 2.05) is 43.3 Å². The van der Waals surface area contributed by atoms with Gasteiger partial charge >= 0.3 is 0 Å². The third kappa shape index (κ3) is 4.98. The summed E-state index contributed by atoms with van der Waals surface area (Å²) in [6.07, 6.45) is 6.01. The molecule has 33 heavy (non-hydrogen) atoms. The number of aryl methyl sites for hydroxylation is 1. The van der Waals surface area contributed by atoms with Crippen LogP contribution < -0.4 is 20.3 Å². The summed E-state index contributed by atoms with van der Waals surface area (Å²) >= 11 is 5.86. The molecule has 5 rings (SSSR count). The molecule has 7 heteroatoms. The number of nitrogens with zero attached hydrogens (tertiary/aromatic N) is 1. The molecule has 2 aliphatic rings. The molecule has 1 aromatic heterocycles. The van der Waals surface area contributed by atoms with Gasteiger partial charge in [-0.05, 0) is 72.8 Å². The summed E-state index contributed by atoms with van der Waals surface area (Å²) < 4.78 is 11.0. The highest BCUT2D eigenvalue weighted by Gasteiger charge is 2.20. The molecule has 1 aliphatic heterocycles. The first kappa shape index (κ1) is 21.8. The van der Waals surface area contributed by atoms with E-state index >= 15 is 0 Å². The van der Waals surface area contributed by atoms with Crippen LogP contribution in [0.1, 0.15) is 48.8 Å². The molecule has 0 unspecified atom stereocenters. The second-order valence-corrected chi connectivity index (χ2v) is 9.43. The predicted octanol–water partition coefficient (Wildman–Crippen LogP) is 4.77. The number of pyridine rings is 1. The van der Waals surface area contributed by atoms with Gasteiger partial charge in [0.05, 0.1) is 6.54 Å². The molecule has 0 bridgehead atoms. The highest BCUT2D eigenvalue weighted by Crippen LogP contribution is 2.33. The molecular formula is C26H29N3O3S. The fourth-order valence-electron chi connectivity index (χ4n) is 4.66. The Morgan fingerprint density at radius 2 is 1.88 bits per heavy atom. The highest BCUT2D eigenvalue weighted by atomic mass is 32.1. The Bertz CT molecular complexity index is 1230. The quantitative estimate of drug-likeness (QED) is 0.531. The molecule has 0 saturated heterocycles. The maximum absolute atomic E-state index is 12.9. The summed E-state index contributed by atoms with van der Waals surface area (Å²) in [6, 6.07) is 14.4. The van der Waals surface area contributed by atoms with E-state index in [9.17, 15) is 4.79 Å². The van der Waals surface area contributed by atoms with Gasteiger partial charge in [0.25, 0.3) is 5.56 Å². The molecule has 2 N–H and O–H groups in total. The smallest absolute Gasteiger partial charge is 0.253 e. The maximum Gasteiger partial charge on any atom is 0.253 e. The maximum atomic E-state index is 12.9. The molecule has 0 amide bonds. The minimum atomic E-state index is -0.0794. The largest absolute Gasteiger partial charge is 0.454 e. The van der Waals surface area contributed by atoms with Crippen LogP contribution in [0, 0.1) is 6.92 Å². The summed E-state index contributed by atoms with van der Waals surface area (Å²) in [5.74, 6) is 1.51. The van der Waals surface area contributed by atoms with Gasteiger partial charge in [-0.15, -0.1) is 0 Å². The van der Waals surface area contributed by atoms with Crippen molar-refractivity contribution >= 4 is 28.2 Å². The number of thiocarbonyl (C=S) groups is 1. The van der Waals surface area contributed by atoms with E-state index in [2.05, 4.69) is 21.3 Å². The first-order valence-electron chi connectivity index (χ1n) is 11.6. The van der Waals surface area contributed by atoms with E-state index in [4.69, 9.17) is 21.7 Å². The lowest BCUT2D eigenvalue weighted by atomic mass is 9.96. The van der Waals surface area contributed by atoms with Crippen molar-refractivity contribution in [1.29, 1.82) is 0 Å². The van der Waals surface area contributed by atoms with Crippen LogP contribution in [-0.4, -0.2) is 27.8 Å². The number of benzene rings is 2. The van der Waals surface area contributed by atoms with E-state index < -0.39 is 0 Å². The average molecular weight is 464 g/mol. The van der Waals surface area contributed by atoms with Crippen LogP contribution in [0.3, 0.4) is 0 Å². The number of H-pyrrole nitrogens is 1. The molecule has 2 aromatic carbocycles. The fraction of sp³-hybridized carbons (Fsp3) is 0.385. The van der Waals surface area contributed by atoms with Gasteiger partial charge in [0.15, 0.2) is 16.6 Å². The van der Waals surface area contributed by atoms with Gasteiger partial charge < -0.3 is 24.7 Å². The zero-order valence-corrected chi connectivity index (χ0v) is 19.7. The number of aromatic amines is 1. The highest BCUT2D eigenvalue weighted by molar-refractivity contribution is 7.80. The minimum absolute atomic E-state index is 0.0794. The van der Waals surface area contributed by atoms with Crippen molar-refractivity contribution < 1.29 is 9.47 Å². The lowest BCUT2D eigenvalue weighted by Gasteiger charge is -2.31. The Balaban J connectivity index is 1.42. The topological polar surface area (TPSA) is 66.6 Å². The second-order valence-electron chi connectivity index (χ2n) is 9.04. The Morgan fingerprint density at radius 3 is 2.73 bits per heavy atom. The number of ether oxygens (including phenoxy) is 2. The second kappa shape index (κ2) is 9.43. The van der Waals surface area contributed by atoms with Gasteiger partial charge in [0.1, 0.15) is 0 Å². The van der Waals surface area contributed by atoms with Crippen molar-refractivity contribution in [3.63, 3.8) is 0 Å². The Kier molecular flexibility index (Phi) is 6.22. The van der Waals surface area contributed by atoms with Crippen molar-refractivity contribution in [2.24, 2.45) is 0 Å². The van der Waals surface area contributed by atoms with E-state index in [1.54, 1.807) is 0 Å². The van der Waals surface area contributed by atoms with E-state index in [1.165, 1.54) is 19.3 Å². The van der Waals surface area contributed by atoms with Crippen LogP contribution in [0.4, 0.5) is 0 Å². The van der Waals surface area contributed by atoms with Crippen molar-refractivity contribution in [2.45, 2.75) is 58.2 Å². The number of aromatic nitrogens is 1. The fourth-order valence-corrected chi connectivity index (χ4v) is 4.95. The minimum Gasteiger partial charge on any atom is -0.454 e. The molecule has 2 heterocycles. The third-order valence-corrected chi connectivity index (χ3v) is 6.85. The molecule has 3 aromatic rings. The zero-order valence-electron chi connectivity index (χ0n) is 18.9. The molecule has 0 spiro atoms. The van der Waals surface area contributed by atoms with Crippen LogP contribution in [0.5, 0.6) is 11.5 Å². The summed E-state index contributed by atoms with van der Waals surface area (Å²) in [7, 11) is 0. The number of hydrogen-bond acceptors (Lipinski definition) is 4. The zero-order chi connectivity index (χ0) is 22.8. The van der Waals surface area contributed by atoms with E-state index in [0.29, 0.717) is 29.8 Å². The van der Waals surface area contributed by atoms with Crippen molar-refractivity contribution in [3.8, 4) is 11.5 Å². The Morgan fingerprint density at radius 1 is 1.06 bits per heavy atom. The summed E-state index contributed by atoms with van der Waals surface area (Å²) in [5, 5.41) is 5.27. The molecule has 1 fully saturated rings. The molecule has 0 radical (unpaired) electrons. The number of nitrogens with one attached hydrogen (secondary N) is 2. The summed E-state index contributed by atoms with van der Waals surface area (Å²) in [5.41, 5.74) is 3.64. The van der Waals surface area contributed by atoms with Crippen LogP contribution in [0.2, 0.25) is 0 Å². The van der Waals surface area contributed by atoms with E-state index in [0.717, 1.165) is 46.4 Å². The first-order chi connectivity index (χ1) is 16.0. The lowest BCUT2D eigenvalue weighted by molar-refractivity contribution is 0.174. The molecule has 0 atom stereocenters. The van der Waals surface area contributed by atoms with Gasteiger partial charge in [-0.1, -0.05) is 37.5 Å². The van der Waals surface area contributed by atoms with Gasteiger partial charge in [-0.2, -0.15) is 0 Å². The van der Waals surface area contributed by atoms with Crippen molar-refractivity contribution in [2.75, 3.05) is 6.79 Å². The predicted molar refractivity (Wildman–Crippen MR) is 134 cm³/mol. The van der Waals surface area contributed by atoms with Gasteiger partial charge in [-0.3, -0.25) is 4.79 Å². The van der Waals surface area contributed by atoms with Gasteiger partial charge in [0, 0.05) is 23.7 Å². The normalized spacial score (nSPS) is 15.5. The van der Waals surface area contributed by atoms with Crippen molar-refractivity contribution in [1.82, 2.24) is 15.2 Å². The van der Waals surface area contributed by atoms with Crippen LogP contribution in [0.25, 0.3) is 10.9 Å². The molecule has 1 aliphatic carbocycles. The third-order valence-electron chi connectivity index (χ3n) is 6.47. The standard InChI is InChI=1S/C26H29N3O3S/c1-17-7-9-19-13-20(25(30)28-22(19)11-17)15-29(26(33)27-21-5-3-2-4-6-21)14-18-8-10-23-24(12-18)32-16-31-23/h7-13,21H,2-6,14-16H2,1H3,(H,27,33)(H,28,30). The summed E-state index contributed by atoms with van der Waals surface area (Å²) in [6.45, 7) is 3.26. The van der Waals surface area contributed by atoms with E-state index in [-0.39, 0.29) is 12.4 Å². The Labute approximate surface area is 198 Å². The SMILES string of the molecule is Cc1ccc2cc(CN(Cc3ccc4c(c3)OCO4)C(=S)NC3CCCCC3)c(=O)[nH]c2c1. The van der Waals surface area contributed by atoms with Gasteiger partial charge in [-0.25, -0.2) is 0 Å². The first-order valence-corrected chi connectivity index (χ1v) is 12.0. The van der Waals surface area contributed by atoms with Crippen LogP contribution in [-0.2, 0) is 13.1 Å². The summed E-state index contributed by atoms with van der Waals surface area (Å²) in [4.78, 5) is 18.0. The molecule has 6 nitrogen and oxygen atoms in total. The average Bonchev–Trinajstić information content (AvgIpc) is 3.28. The van der Waals surface area contributed by atoms with Crippen LogP contribution in [0.15, 0.2) is 47.3 Å². The monoisotopic (exact) mass is 463 g/mol. The Hall–Kier alpha value is -3.06. The van der Waals surface area contributed by atoms with Crippen LogP contribution >= 0.6 is 12.2 Å². The van der Waals surface area contributed by atoms with Gasteiger partial charge in [0.2, 0.25) is 6.79 Å². The lowest BCUT2D eigenvalue weighted by Crippen LogP contribution is -2.45. The molecular weight excluding hydrogens is 434 g/mol. The van der Waals surface area contributed by atoms with Crippen molar-refractivity contribution in [3.05, 3.63) is 69.5 Å². The number of fused-ring (bicyclic) bond motifs is 2. The molecule has 172 valence electrons. The molecule has 1 saturated carbocycles.